The minimum atomic E-state index is -0.667. The van der Waals surface area contributed by atoms with E-state index in [1.54, 1.807) is 0 Å². The van der Waals surface area contributed by atoms with E-state index in [-0.39, 0.29) is 18.5 Å². The Morgan fingerprint density at radius 2 is 0.836 bits per heavy atom. The maximum absolute atomic E-state index is 12.4. The molecule has 2 unspecified atom stereocenters. The van der Waals surface area contributed by atoms with Crippen molar-refractivity contribution < 1.29 is 24.5 Å². The van der Waals surface area contributed by atoms with E-state index in [0.29, 0.717) is 25.9 Å². The molecule has 0 saturated carbocycles. The van der Waals surface area contributed by atoms with Crippen LogP contribution in [-0.4, -0.2) is 47.4 Å². The number of esters is 1. The van der Waals surface area contributed by atoms with Crippen LogP contribution < -0.4 is 5.32 Å². The average molecular weight is 858 g/mol. The molecule has 3 N–H and O–H groups in total. The van der Waals surface area contributed by atoms with Crippen LogP contribution in [-0.2, 0) is 14.3 Å². The second-order valence-corrected chi connectivity index (χ2v) is 18.2. The lowest BCUT2D eigenvalue weighted by Gasteiger charge is -2.22. The molecule has 358 valence electrons. The van der Waals surface area contributed by atoms with Crippen molar-refractivity contribution in [1.82, 2.24) is 5.32 Å². The molecular formula is C55H103NO5. The largest absolute Gasteiger partial charge is 0.466 e. The number of hydrogen-bond acceptors (Lipinski definition) is 5. The van der Waals surface area contributed by atoms with Crippen LogP contribution in [0.5, 0.6) is 0 Å². The molecule has 0 fully saturated rings. The number of amides is 1. The number of unbranched alkanes of at least 4 members (excludes halogenated alkanes) is 32. The Kier molecular flexibility index (Phi) is 49.1. The number of carbonyl (C=O) groups excluding carboxylic acids is 2. The monoisotopic (exact) mass is 858 g/mol. The van der Waals surface area contributed by atoms with Crippen molar-refractivity contribution in [3.8, 4) is 0 Å². The first kappa shape index (κ1) is 59.1. The first-order chi connectivity index (χ1) is 30.0. The van der Waals surface area contributed by atoms with Crippen molar-refractivity contribution in [3.63, 3.8) is 0 Å². The van der Waals surface area contributed by atoms with Gasteiger partial charge in [0, 0.05) is 12.8 Å². The zero-order valence-corrected chi connectivity index (χ0v) is 40.6. The number of rotatable bonds is 49. The van der Waals surface area contributed by atoms with Crippen LogP contribution in [0.2, 0.25) is 0 Å². The third kappa shape index (κ3) is 47.4. The lowest BCUT2D eigenvalue weighted by molar-refractivity contribution is -0.143. The molecule has 6 heteroatoms. The van der Waals surface area contributed by atoms with Crippen LogP contribution in [0.1, 0.15) is 277 Å². The molecule has 0 aromatic carbocycles. The second kappa shape index (κ2) is 50.7. The van der Waals surface area contributed by atoms with Gasteiger partial charge in [-0.15, -0.1) is 0 Å². The van der Waals surface area contributed by atoms with Crippen LogP contribution in [0.25, 0.3) is 0 Å². The van der Waals surface area contributed by atoms with Gasteiger partial charge in [0.15, 0.2) is 0 Å². The lowest BCUT2D eigenvalue weighted by Crippen LogP contribution is -2.45. The fourth-order valence-corrected chi connectivity index (χ4v) is 8.00. The van der Waals surface area contributed by atoms with E-state index < -0.39 is 12.1 Å². The van der Waals surface area contributed by atoms with Gasteiger partial charge >= 0.3 is 5.97 Å². The first-order valence-corrected chi connectivity index (χ1v) is 26.7. The van der Waals surface area contributed by atoms with Crippen molar-refractivity contribution >= 4 is 11.9 Å². The van der Waals surface area contributed by atoms with Gasteiger partial charge in [-0.25, -0.2) is 0 Å². The van der Waals surface area contributed by atoms with Crippen molar-refractivity contribution in [2.75, 3.05) is 13.2 Å². The Balaban J connectivity index is 3.41. The number of carbonyl (C=O) groups is 2. The van der Waals surface area contributed by atoms with Crippen molar-refractivity contribution in [2.24, 2.45) is 0 Å². The zero-order valence-electron chi connectivity index (χ0n) is 40.6. The third-order valence-electron chi connectivity index (χ3n) is 12.2. The molecular weight excluding hydrogens is 755 g/mol. The lowest BCUT2D eigenvalue weighted by atomic mass is 10.0. The molecule has 6 nitrogen and oxygen atoms in total. The molecule has 0 rings (SSSR count). The van der Waals surface area contributed by atoms with Crippen LogP contribution in [0.15, 0.2) is 36.5 Å². The third-order valence-corrected chi connectivity index (χ3v) is 12.2. The predicted octanol–water partition coefficient (Wildman–Crippen LogP) is 16.1. The summed E-state index contributed by atoms with van der Waals surface area (Å²) in [5.74, 6) is -0.0532. The first-order valence-electron chi connectivity index (χ1n) is 26.7. The molecule has 61 heavy (non-hydrogen) atoms. The Morgan fingerprint density at radius 1 is 0.459 bits per heavy atom. The summed E-state index contributed by atoms with van der Waals surface area (Å²) in [5.41, 5.74) is 0. The van der Waals surface area contributed by atoms with Gasteiger partial charge in [0.05, 0.1) is 25.4 Å². The molecule has 1 amide bonds. The Hall–Kier alpha value is -1.92. The zero-order chi connectivity index (χ0) is 44.4. The summed E-state index contributed by atoms with van der Waals surface area (Å²) in [6, 6.07) is -0.545. The van der Waals surface area contributed by atoms with E-state index in [9.17, 15) is 19.8 Å². The number of aliphatic hydroxyl groups is 2. The van der Waals surface area contributed by atoms with E-state index in [1.807, 2.05) is 0 Å². The Morgan fingerprint density at radius 3 is 1.31 bits per heavy atom. The summed E-state index contributed by atoms with van der Waals surface area (Å²) in [6.45, 7) is 4.87. The van der Waals surface area contributed by atoms with Crippen LogP contribution in [0.3, 0.4) is 0 Å². The van der Waals surface area contributed by atoms with Gasteiger partial charge in [0.25, 0.3) is 0 Å². The Labute approximate surface area is 379 Å². The van der Waals surface area contributed by atoms with Gasteiger partial charge in [-0.1, -0.05) is 224 Å². The second-order valence-electron chi connectivity index (χ2n) is 18.2. The van der Waals surface area contributed by atoms with Gasteiger partial charge in [-0.3, -0.25) is 9.59 Å². The van der Waals surface area contributed by atoms with E-state index in [2.05, 4.69) is 55.6 Å². The average Bonchev–Trinajstić information content (AvgIpc) is 3.26. The molecule has 0 saturated heterocycles. The molecule has 2 atom stereocenters. The number of hydrogen-bond donors (Lipinski definition) is 3. The van der Waals surface area contributed by atoms with Gasteiger partial charge < -0.3 is 20.3 Å². The minimum absolute atomic E-state index is 0.00710. The summed E-state index contributed by atoms with van der Waals surface area (Å²) in [7, 11) is 0. The van der Waals surface area contributed by atoms with Crippen LogP contribution in [0.4, 0.5) is 0 Å². The van der Waals surface area contributed by atoms with E-state index in [1.165, 1.54) is 193 Å². The van der Waals surface area contributed by atoms with Gasteiger partial charge in [0.1, 0.15) is 0 Å². The molecule has 0 aliphatic heterocycles. The molecule has 0 heterocycles. The highest BCUT2D eigenvalue weighted by molar-refractivity contribution is 5.76. The van der Waals surface area contributed by atoms with Gasteiger partial charge in [-0.05, 0) is 77.0 Å². The number of allylic oxidation sites excluding steroid dienone is 6. The highest BCUT2D eigenvalue weighted by atomic mass is 16.5. The smallest absolute Gasteiger partial charge is 0.305 e. The molecule has 0 bridgehead atoms. The van der Waals surface area contributed by atoms with Crippen molar-refractivity contribution in [3.05, 3.63) is 36.5 Å². The van der Waals surface area contributed by atoms with Crippen molar-refractivity contribution in [2.45, 2.75) is 289 Å². The Bertz CT molecular complexity index is 993. The SMILES string of the molecule is CCCC/C=C\C/C=C\CCCCCCCC(=O)OCCCCCCCCCCCC/C=C\CCCCCCCCCC(=O)NC(CO)C(O)CCCCCCCCCCC. The van der Waals surface area contributed by atoms with Crippen LogP contribution >= 0.6 is 0 Å². The van der Waals surface area contributed by atoms with Crippen LogP contribution in [0, 0.1) is 0 Å². The summed E-state index contributed by atoms with van der Waals surface area (Å²) in [5, 5.41) is 23.1. The molecule has 0 spiro atoms. The summed E-state index contributed by atoms with van der Waals surface area (Å²) < 4.78 is 5.46. The molecule has 0 aliphatic carbocycles. The van der Waals surface area contributed by atoms with Gasteiger partial charge in [-0.2, -0.15) is 0 Å². The summed E-state index contributed by atoms with van der Waals surface area (Å²) in [6.07, 6.45) is 61.3. The standard InChI is InChI=1S/C55H103NO5/c1-3-5-7-9-11-13-14-15-26-29-33-37-41-45-49-55(60)61-50-46-42-38-34-30-27-24-22-20-18-16-17-19-21-23-25-28-32-36-40-44-48-54(59)56-52(51-57)53(58)47-43-39-35-31-12-10-8-6-4-2/h9,11,14-15,17,19,52-53,57-58H,3-8,10,12-13,16,18,20-51H2,1-2H3,(H,56,59)/b11-9-,15-14-,19-17-. The topological polar surface area (TPSA) is 95.9 Å². The molecule has 0 aliphatic rings. The van der Waals surface area contributed by atoms with E-state index >= 15 is 0 Å². The fourth-order valence-electron chi connectivity index (χ4n) is 8.00. The highest BCUT2D eigenvalue weighted by Gasteiger charge is 2.20. The number of aliphatic hydroxyl groups excluding tert-OH is 2. The molecule has 0 aromatic heterocycles. The van der Waals surface area contributed by atoms with E-state index in [0.717, 1.165) is 51.4 Å². The quantitative estimate of drug-likeness (QED) is 0.0322. The predicted molar refractivity (Wildman–Crippen MR) is 264 cm³/mol. The summed E-state index contributed by atoms with van der Waals surface area (Å²) >= 11 is 0. The minimum Gasteiger partial charge on any atom is -0.466 e. The molecule has 0 radical (unpaired) electrons. The summed E-state index contributed by atoms with van der Waals surface area (Å²) in [4.78, 5) is 24.4. The number of ether oxygens (including phenoxy) is 1. The maximum Gasteiger partial charge on any atom is 0.305 e. The van der Waals surface area contributed by atoms with Gasteiger partial charge in [0.2, 0.25) is 5.91 Å². The highest BCUT2D eigenvalue weighted by Crippen LogP contribution is 2.16. The number of nitrogens with one attached hydrogen (secondary N) is 1. The maximum atomic E-state index is 12.4. The fraction of sp³-hybridized carbons (Fsp3) is 0.855. The normalized spacial score (nSPS) is 12.9. The molecule has 0 aromatic rings. The van der Waals surface area contributed by atoms with E-state index in [4.69, 9.17) is 4.74 Å². The van der Waals surface area contributed by atoms with Crippen molar-refractivity contribution in [1.29, 1.82) is 0 Å².